The number of hydrogen-bond donors (Lipinski definition) is 1. The van der Waals surface area contributed by atoms with Crippen LogP contribution in [0, 0.1) is 6.92 Å². The summed E-state index contributed by atoms with van der Waals surface area (Å²) in [4.78, 5) is 37.5. The van der Waals surface area contributed by atoms with Gasteiger partial charge in [0.25, 0.3) is 5.91 Å². The molecule has 0 saturated carbocycles. The summed E-state index contributed by atoms with van der Waals surface area (Å²) in [6, 6.07) is 11.4. The number of benzene rings is 2. The molecule has 0 bridgehead atoms. The van der Waals surface area contributed by atoms with Gasteiger partial charge in [0.1, 0.15) is 5.75 Å². The van der Waals surface area contributed by atoms with Crippen LogP contribution in [0.1, 0.15) is 33.2 Å². The molecule has 1 amide bonds. The molecule has 0 fully saturated rings. The number of ether oxygens (including phenoxy) is 1. The Morgan fingerprint density at radius 1 is 1.12 bits per heavy atom. The third-order valence-electron chi connectivity index (χ3n) is 4.09. The van der Waals surface area contributed by atoms with Crippen LogP contribution in [0.4, 0.5) is 5.69 Å². The number of carbonyl (C=O) groups excluding carboxylic acids is 2. The first-order valence-electron chi connectivity index (χ1n) is 7.82. The number of Topliss-reactive ketones (excluding diaryl/α,β-unsaturated/α-hetero) is 1. The minimum absolute atomic E-state index is 0.0603. The molecule has 1 heterocycles. The van der Waals surface area contributed by atoms with Gasteiger partial charge in [0.2, 0.25) is 0 Å². The molecule has 1 aliphatic heterocycles. The molecule has 1 unspecified atom stereocenters. The second kappa shape index (κ2) is 6.39. The van der Waals surface area contributed by atoms with Crippen LogP contribution < -0.4 is 9.64 Å². The number of rotatable bonds is 4. The van der Waals surface area contributed by atoms with E-state index in [1.54, 1.807) is 19.1 Å². The van der Waals surface area contributed by atoms with E-state index >= 15 is 0 Å². The lowest BCUT2D eigenvalue weighted by Crippen LogP contribution is -2.46. The fourth-order valence-corrected chi connectivity index (χ4v) is 2.68. The van der Waals surface area contributed by atoms with Crippen LogP contribution in [0.3, 0.4) is 0 Å². The number of fused-ring (bicyclic) bond motifs is 1. The molecule has 6 nitrogen and oxygen atoms in total. The van der Waals surface area contributed by atoms with E-state index in [0.717, 1.165) is 5.56 Å². The van der Waals surface area contributed by atoms with E-state index in [1.165, 1.54) is 23.1 Å². The van der Waals surface area contributed by atoms with E-state index < -0.39 is 12.1 Å². The minimum atomic E-state index is -1.08. The maximum absolute atomic E-state index is 12.5. The van der Waals surface area contributed by atoms with E-state index in [2.05, 4.69) is 0 Å². The Morgan fingerprint density at radius 3 is 2.40 bits per heavy atom. The SMILES string of the molecule is Cc1ccc(C(=O)CN2C(=O)C(C)Oc3cc(C(=O)O)ccc32)cc1. The van der Waals surface area contributed by atoms with Gasteiger partial charge in [-0.2, -0.15) is 0 Å². The van der Waals surface area contributed by atoms with Crippen LogP contribution in [0.15, 0.2) is 42.5 Å². The number of carboxylic acids is 1. The molecule has 0 aromatic heterocycles. The number of amides is 1. The highest BCUT2D eigenvalue weighted by atomic mass is 16.5. The summed E-state index contributed by atoms with van der Waals surface area (Å²) >= 11 is 0. The van der Waals surface area contributed by atoms with Crippen LogP contribution in [0.2, 0.25) is 0 Å². The number of ketones is 1. The minimum Gasteiger partial charge on any atom is -0.479 e. The van der Waals surface area contributed by atoms with E-state index in [9.17, 15) is 14.4 Å². The Bertz CT molecular complexity index is 857. The van der Waals surface area contributed by atoms with Gasteiger partial charge >= 0.3 is 5.97 Å². The monoisotopic (exact) mass is 339 g/mol. The maximum atomic E-state index is 12.5. The van der Waals surface area contributed by atoms with Crippen LogP contribution in [-0.4, -0.2) is 35.4 Å². The van der Waals surface area contributed by atoms with Gasteiger partial charge < -0.3 is 9.84 Å². The first-order chi connectivity index (χ1) is 11.9. The third kappa shape index (κ3) is 3.24. The van der Waals surface area contributed by atoms with Crippen molar-refractivity contribution in [1.29, 1.82) is 0 Å². The lowest BCUT2D eigenvalue weighted by molar-refractivity contribution is -0.125. The van der Waals surface area contributed by atoms with Crippen molar-refractivity contribution in [3.8, 4) is 5.75 Å². The fraction of sp³-hybridized carbons (Fsp3) is 0.211. The van der Waals surface area contributed by atoms with E-state index in [4.69, 9.17) is 9.84 Å². The second-order valence-corrected chi connectivity index (χ2v) is 5.96. The van der Waals surface area contributed by atoms with Crippen molar-refractivity contribution in [2.45, 2.75) is 20.0 Å². The van der Waals surface area contributed by atoms with Gasteiger partial charge in [0.05, 0.1) is 17.8 Å². The van der Waals surface area contributed by atoms with E-state index in [1.807, 2.05) is 19.1 Å². The van der Waals surface area contributed by atoms with Crippen molar-refractivity contribution in [3.63, 3.8) is 0 Å². The first kappa shape index (κ1) is 16.7. The van der Waals surface area contributed by atoms with Crippen molar-refractivity contribution in [1.82, 2.24) is 0 Å². The highest BCUT2D eigenvalue weighted by Crippen LogP contribution is 2.35. The van der Waals surface area contributed by atoms with Gasteiger partial charge in [-0.25, -0.2) is 4.79 Å². The molecule has 6 heteroatoms. The summed E-state index contributed by atoms with van der Waals surface area (Å²) in [7, 11) is 0. The van der Waals surface area contributed by atoms with Gasteiger partial charge in [-0.3, -0.25) is 14.5 Å². The first-order valence-corrected chi connectivity index (χ1v) is 7.82. The van der Waals surface area contributed by atoms with Crippen molar-refractivity contribution >= 4 is 23.3 Å². The van der Waals surface area contributed by atoms with Crippen LogP contribution >= 0.6 is 0 Å². The largest absolute Gasteiger partial charge is 0.479 e. The maximum Gasteiger partial charge on any atom is 0.335 e. The molecule has 1 atom stereocenters. The van der Waals surface area contributed by atoms with E-state index in [-0.39, 0.29) is 29.5 Å². The zero-order chi connectivity index (χ0) is 18.1. The number of nitrogens with zero attached hydrogens (tertiary/aromatic N) is 1. The smallest absolute Gasteiger partial charge is 0.335 e. The number of hydrogen-bond acceptors (Lipinski definition) is 4. The summed E-state index contributed by atoms with van der Waals surface area (Å²) in [5.41, 5.74) is 2.01. The molecule has 0 spiro atoms. The topological polar surface area (TPSA) is 83.9 Å². The lowest BCUT2D eigenvalue weighted by Gasteiger charge is -2.32. The summed E-state index contributed by atoms with van der Waals surface area (Å²) in [6.07, 6.45) is -0.789. The van der Waals surface area contributed by atoms with E-state index in [0.29, 0.717) is 11.3 Å². The Kier molecular flexibility index (Phi) is 4.27. The third-order valence-corrected chi connectivity index (χ3v) is 4.09. The molecular formula is C19H17NO5. The quantitative estimate of drug-likeness (QED) is 0.866. The number of carboxylic acid groups (broad SMARTS) is 1. The number of aryl methyl sites for hydroxylation is 1. The van der Waals surface area contributed by atoms with Crippen molar-refractivity contribution in [2.75, 3.05) is 11.4 Å². The summed E-state index contributed by atoms with van der Waals surface area (Å²) in [5.74, 6) is -1.34. The average Bonchev–Trinajstić information content (AvgIpc) is 2.58. The van der Waals surface area contributed by atoms with Crippen molar-refractivity contribution in [3.05, 3.63) is 59.2 Å². The van der Waals surface area contributed by atoms with Crippen molar-refractivity contribution in [2.24, 2.45) is 0 Å². The summed E-state index contributed by atoms with van der Waals surface area (Å²) < 4.78 is 5.50. The normalized spacial score (nSPS) is 16.2. The molecule has 2 aromatic carbocycles. The molecule has 1 N–H and O–H groups in total. The summed E-state index contributed by atoms with van der Waals surface area (Å²) in [5, 5.41) is 9.10. The molecular weight excluding hydrogens is 322 g/mol. The molecule has 2 aromatic rings. The predicted octanol–water partition coefficient (Wildman–Crippen LogP) is 2.69. The zero-order valence-electron chi connectivity index (χ0n) is 13.9. The highest BCUT2D eigenvalue weighted by Gasteiger charge is 2.33. The Morgan fingerprint density at radius 2 is 1.76 bits per heavy atom. The zero-order valence-corrected chi connectivity index (χ0v) is 13.9. The van der Waals surface area contributed by atoms with Gasteiger partial charge in [-0.1, -0.05) is 29.8 Å². The molecule has 1 aliphatic rings. The highest BCUT2D eigenvalue weighted by molar-refractivity contribution is 6.08. The number of aromatic carboxylic acids is 1. The fourth-order valence-electron chi connectivity index (χ4n) is 2.68. The van der Waals surface area contributed by atoms with Crippen LogP contribution in [0.5, 0.6) is 5.75 Å². The Hall–Kier alpha value is -3.15. The van der Waals surface area contributed by atoms with Gasteiger partial charge in [0.15, 0.2) is 11.9 Å². The van der Waals surface area contributed by atoms with Crippen molar-refractivity contribution < 1.29 is 24.2 Å². The summed E-state index contributed by atoms with van der Waals surface area (Å²) in [6.45, 7) is 3.37. The molecule has 0 radical (unpaired) electrons. The van der Waals surface area contributed by atoms with Gasteiger partial charge in [0, 0.05) is 5.56 Å². The molecule has 128 valence electrons. The number of carbonyl (C=O) groups is 3. The molecule has 3 rings (SSSR count). The van der Waals surface area contributed by atoms with Crippen LogP contribution in [0.25, 0.3) is 0 Å². The standard InChI is InChI=1S/C19H17NO5/c1-11-3-5-13(6-4-11)16(21)10-20-15-8-7-14(19(23)24)9-17(15)25-12(2)18(20)22/h3-9,12H,10H2,1-2H3,(H,23,24). The molecule has 0 saturated heterocycles. The van der Waals surface area contributed by atoms with Gasteiger partial charge in [-0.15, -0.1) is 0 Å². The average molecular weight is 339 g/mol. The lowest BCUT2D eigenvalue weighted by atomic mass is 10.1. The predicted molar refractivity (Wildman–Crippen MR) is 91.4 cm³/mol. The Balaban J connectivity index is 1.93. The second-order valence-electron chi connectivity index (χ2n) is 5.96. The number of anilines is 1. The van der Waals surface area contributed by atoms with Crippen LogP contribution in [-0.2, 0) is 4.79 Å². The molecule has 0 aliphatic carbocycles. The molecule has 25 heavy (non-hydrogen) atoms. The van der Waals surface area contributed by atoms with Gasteiger partial charge in [-0.05, 0) is 32.0 Å². The Labute approximate surface area is 144 Å².